The Balaban J connectivity index is 1.76. The van der Waals surface area contributed by atoms with Crippen LogP contribution < -0.4 is 5.73 Å². The maximum atomic E-state index is 6.02. The van der Waals surface area contributed by atoms with Crippen LogP contribution in [-0.2, 0) is 12.8 Å². The van der Waals surface area contributed by atoms with Crippen LogP contribution in [0, 0.1) is 0 Å². The van der Waals surface area contributed by atoms with Crippen molar-refractivity contribution >= 4 is 16.5 Å². The quantitative estimate of drug-likeness (QED) is 0.722. The second-order valence-corrected chi connectivity index (χ2v) is 5.04. The van der Waals surface area contributed by atoms with Crippen LogP contribution in [0.1, 0.15) is 17.7 Å². The number of nitrogens with zero attached hydrogens (tertiary/aromatic N) is 1. The number of hydrogen-bond acceptors (Lipinski definition) is 2. The van der Waals surface area contributed by atoms with Crippen LogP contribution in [0.4, 0.5) is 5.69 Å². The fourth-order valence-electron chi connectivity index (χ4n) is 2.60. The largest absolute Gasteiger partial charge is 0.398 e. The zero-order valence-electron chi connectivity index (χ0n) is 11.4. The number of fused-ring (bicyclic) bond motifs is 1. The van der Waals surface area contributed by atoms with E-state index in [-0.39, 0.29) is 0 Å². The van der Waals surface area contributed by atoms with Crippen LogP contribution in [0.2, 0.25) is 0 Å². The van der Waals surface area contributed by atoms with Gasteiger partial charge in [-0.05, 0) is 37.0 Å². The maximum absolute atomic E-state index is 6.02. The molecule has 0 bridgehead atoms. The van der Waals surface area contributed by atoms with Crippen molar-refractivity contribution in [2.45, 2.75) is 19.3 Å². The monoisotopic (exact) mass is 262 g/mol. The van der Waals surface area contributed by atoms with Gasteiger partial charge in [0.05, 0.1) is 0 Å². The normalized spacial score (nSPS) is 10.8. The molecule has 0 fully saturated rings. The summed E-state index contributed by atoms with van der Waals surface area (Å²) in [6, 6.07) is 18.6. The predicted molar refractivity (Wildman–Crippen MR) is 84.6 cm³/mol. The van der Waals surface area contributed by atoms with E-state index in [1.54, 1.807) is 0 Å². The van der Waals surface area contributed by atoms with Gasteiger partial charge in [-0.1, -0.05) is 42.5 Å². The second-order valence-electron chi connectivity index (χ2n) is 5.04. The average molecular weight is 262 g/mol. The van der Waals surface area contributed by atoms with Crippen molar-refractivity contribution in [2.24, 2.45) is 0 Å². The maximum Gasteiger partial charge on any atom is 0.0482 e. The lowest BCUT2D eigenvalue weighted by molar-refractivity contribution is 0.805. The van der Waals surface area contributed by atoms with Crippen molar-refractivity contribution in [3.05, 3.63) is 72.1 Å². The van der Waals surface area contributed by atoms with Gasteiger partial charge < -0.3 is 5.73 Å². The highest BCUT2D eigenvalue weighted by atomic mass is 14.7. The minimum Gasteiger partial charge on any atom is -0.398 e. The van der Waals surface area contributed by atoms with Gasteiger partial charge in [0, 0.05) is 28.4 Å². The van der Waals surface area contributed by atoms with Gasteiger partial charge in [-0.2, -0.15) is 0 Å². The number of hydrogen-bond donors (Lipinski definition) is 1. The molecule has 0 amide bonds. The van der Waals surface area contributed by atoms with Crippen molar-refractivity contribution in [1.82, 2.24) is 4.98 Å². The summed E-state index contributed by atoms with van der Waals surface area (Å²) >= 11 is 0. The number of nitrogens with two attached hydrogens (primary N) is 1. The van der Waals surface area contributed by atoms with E-state index >= 15 is 0 Å². The molecule has 0 aliphatic carbocycles. The van der Waals surface area contributed by atoms with Gasteiger partial charge in [0.25, 0.3) is 0 Å². The minimum atomic E-state index is 0.828. The molecule has 0 spiro atoms. The van der Waals surface area contributed by atoms with E-state index in [1.165, 1.54) is 10.9 Å². The summed E-state index contributed by atoms with van der Waals surface area (Å²) in [6.45, 7) is 0. The lowest BCUT2D eigenvalue weighted by Gasteiger charge is -2.07. The molecule has 1 aromatic heterocycles. The zero-order valence-corrected chi connectivity index (χ0v) is 11.4. The Morgan fingerprint density at radius 3 is 2.50 bits per heavy atom. The molecule has 3 rings (SSSR count). The van der Waals surface area contributed by atoms with E-state index in [4.69, 9.17) is 5.73 Å². The Hall–Kier alpha value is -2.35. The first-order valence-corrected chi connectivity index (χ1v) is 7.00. The third kappa shape index (κ3) is 2.64. The smallest absolute Gasteiger partial charge is 0.0482 e. The highest BCUT2D eigenvalue weighted by Crippen LogP contribution is 2.23. The van der Waals surface area contributed by atoms with E-state index in [0.717, 1.165) is 36.0 Å². The molecule has 0 saturated carbocycles. The number of pyridine rings is 1. The molecule has 0 aliphatic heterocycles. The lowest BCUT2D eigenvalue weighted by atomic mass is 10.0. The highest BCUT2D eigenvalue weighted by Gasteiger charge is 2.04. The van der Waals surface area contributed by atoms with Gasteiger partial charge in [-0.15, -0.1) is 0 Å². The van der Waals surface area contributed by atoms with E-state index < -0.39 is 0 Å². The third-order valence-corrected chi connectivity index (χ3v) is 3.64. The zero-order chi connectivity index (χ0) is 13.8. The van der Waals surface area contributed by atoms with Crippen molar-refractivity contribution in [3.8, 4) is 0 Å². The van der Waals surface area contributed by atoms with Gasteiger partial charge in [0.15, 0.2) is 0 Å². The molecule has 2 nitrogen and oxygen atoms in total. The van der Waals surface area contributed by atoms with Crippen LogP contribution >= 0.6 is 0 Å². The Morgan fingerprint density at radius 1 is 0.800 bits per heavy atom. The molecule has 2 heteroatoms. The minimum absolute atomic E-state index is 0.828. The molecular formula is C18H18N2. The summed E-state index contributed by atoms with van der Waals surface area (Å²) in [5.41, 5.74) is 9.37. The van der Waals surface area contributed by atoms with E-state index in [9.17, 15) is 0 Å². The summed E-state index contributed by atoms with van der Waals surface area (Å²) in [7, 11) is 0. The Morgan fingerprint density at radius 2 is 1.65 bits per heavy atom. The number of benzene rings is 2. The summed E-state index contributed by atoms with van der Waals surface area (Å²) in [6.07, 6.45) is 5.03. The Labute approximate surface area is 119 Å². The summed E-state index contributed by atoms with van der Waals surface area (Å²) < 4.78 is 0. The number of aryl methyl sites for hydroxylation is 2. The van der Waals surface area contributed by atoms with Crippen LogP contribution in [0.25, 0.3) is 10.8 Å². The lowest BCUT2D eigenvalue weighted by Crippen LogP contribution is -1.96. The molecule has 100 valence electrons. The standard InChI is InChI=1S/C18H18N2/c19-17-10-5-9-16-15(17)12-13-20-18(16)11-4-8-14-6-2-1-3-7-14/h1-3,5-7,9-10,12-13H,4,8,11,19H2. The summed E-state index contributed by atoms with van der Waals surface area (Å²) in [5.74, 6) is 0. The first-order valence-electron chi connectivity index (χ1n) is 7.00. The Bertz CT molecular complexity index is 705. The van der Waals surface area contributed by atoms with Crippen molar-refractivity contribution in [3.63, 3.8) is 0 Å². The summed E-state index contributed by atoms with van der Waals surface area (Å²) in [4.78, 5) is 4.52. The molecular weight excluding hydrogens is 244 g/mol. The predicted octanol–water partition coefficient (Wildman–Crippen LogP) is 3.99. The molecule has 2 aromatic carbocycles. The molecule has 1 heterocycles. The van der Waals surface area contributed by atoms with Gasteiger partial charge >= 0.3 is 0 Å². The Kier molecular flexibility index (Phi) is 3.64. The fourth-order valence-corrected chi connectivity index (χ4v) is 2.60. The number of rotatable bonds is 4. The molecule has 0 saturated heterocycles. The van der Waals surface area contributed by atoms with Crippen molar-refractivity contribution in [2.75, 3.05) is 5.73 Å². The van der Waals surface area contributed by atoms with Crippen LogP contribution in [0.15, 0.2) is 60.8 Å². The highest BCUT2D eigenvalue weighted by molar-refractivity contribution is 5.93. The second kappa shape index (κ2) is 5.74. The molecule has 3 aromatic rings. The molecule has 0 atom stereocenters. The molecule has 20 heavy (non-hydrogen) atoms. The van der Waals surface area contributed by atoms with Crippen LogP contribution in [0.5, 0.6) is 0 Å². The van der Waals surface area contributed by atoms with E-state index in [2.05, 4.69) is 41.4 Å². The van der Waals surface area contributed by atoms with Gasteiger partial charge in [-0.3, -0.25) is 4.98 Å². The van der Waals surface area contributed by atoms with Crippen LogP contribution in [0.3, 0.4) is 0 Å². The number of aromatic nitrogens is 1. The number of anilines is 1. The summed E-state index contributed by atoms with van der Waals surface area (Å²) in [5, 5.41) is 2.29. The SMILES string of the molecule is Nc1cccc2c(CCCc3ccccc3)nccc12. The van der Waals surface area contributed by atoms with Gasteiger partial charge in [0.1, 0.15) is 0 Å². The van der Waals surface area contributed by atoms with E-state index in [1.807, 2.05) is 24.4 Å². The average Bonchev–Trinajstić information content (AvgIpc) is 2.49. The third-order valence-electron chi connectivity index (χ3n) is 3.64. The number of nitrogen functional groups attached to an aromatic ring is 1. The molecule has 0 unspecified atom stereocenters. The van der Waals surface area contributed by atoms with Gasteiger partial charge in [0.2, 0.25) is 0 Å². The van der Waals surface area contributed by atoms with E-state index in [0.29, 0.717) is 0 Å². The van der Waals surface area contributed by atoms with Crippen molar-refractivity contribution < 1.29 is 0 Å². The van der Waals surface area contributed by atoms with Crippen molar-refractivity contribution in [1.29, 1.82) is 0 Å². The molecule has 0 radical (unpaired) electrons. The molecule has 0 aliphatic rings. The van der Waals surface area contributed by atoms with Crippen LogP contribution in [-0.4, -0.2) is 4.98 Å². The fraction of sp³-hybridized carbons (Fsp3) is 0.167. The first kappa shape index (κ1) is 12.7. The van der Waals surface area contributed by atoms with Gasteiger partial charge in [-0.25, -0.2) is 0 Å². The molecule has 2 N–H and O–H groups in total. The first-order chi connectivity index (χ1) is 9.84. The topological polar surface area (TPSA) is 38.9 Å².